The maximum absolute atomic E-state index is 5.43. The Morgan fingerprint density at radius 3 is 1.53 bits per heavy atom. The van der Waals surface area contributed by atoms with Gasteiger partial charge < -0.3 is 0 Å². The van der Waals surface area contributed by atoms with Crippen molar-refractivity contribution >= 4 is 53.2 Å². The molecule has 0 amide bonds. The molecule has 0 N–H and O–H groups in total. The van der Waals surface area contributed by atoms with Crippen LogP contribution in [0.5, 0.6) is 0 Å². The monoisotopic (exact) mass is 744 g/mol. The number of benzene rings is 8. The van der Waals surface area contributed by atoms with Crippen molar-refractivity contribution in [3.8, 4) is 67.7 Å². The molecule has 0 saturated carbocycles. The Labute approximate surface area is 333 Å². The summed E-state index contributed by atoms with van der Waals surface area (Å²) in [4.78, 5) is 20.5. The summed E-state index contributed by atoms with van der Waals surface area (Å²) in [5, 5.41) is 6.04. The first-order chi connectivity index (χ1) is 28.2. The second-order valence-electron chi connectivity index (χ2n) is 14.3. The van der Waals surface area contributed by atoms with Crippen molar-refractivity contribution in [1.82, 2.24) is 19.9 Å². The van der Waals surface area contributed by atoms with E-state index in [2.05, 4.69) is 158 Å². The molecule has 57 heavy (non-hydrogen) atoms. The van der Waals surface area contributed by atoms with Gasteiger partial charge in [-0.2, -0.15) is 0 Å². The molecule has 0 unspecified atom stereocenters. The van der Waals surface area contributed by atoms with Crippen LogP contribution in [0.4, 0.5) is 0 Å². The molecule has 0 atom stereocenters. The molecule has 266 valence electrons. The summed E-state index contributed by atoms with van der Waals surface area (Å²) in [5.74, 6) is 1.89. The van der Waals surface area contributed by atoms with E-state index in [9.17, 15) is 0 Å². The lowest BCUT2D eigenvalue weighted by Gasteiger charge is -2.12. The topological polar surface area (TPSA) is 51.6 Å². The minimum atomic E-state index is 0.624. The Morgan fingerprint density at radius 1 is 0.316 bits per heavy atom. The number of pyridine rings is 1. The largest absolute Gasteiger partial charge is 0.247 e. The normalized spacial score (nSPS) is 11.5. The van der Waals surface area contributed by atoms with Gasteiger partial charge in [0.15, 0.2) is 17.5 Å². The second-order valence-corrected chi connectivity index (χ2v) is 15.3. The average molecular weight is 745 g/mol. The lowest BCUT2D eigenvalue weighted by atomic mass is 9.97. The lowest BCUT2D eigenvalue weighted by molar-refractivity contribution is 1.07. The van der Waals surface area contributed by atoms with Crippen molar-refractivity contribution in [3.63, 3.8) is 0 Å². The van der Waals surface area contributed by atoms with Crippen LogP contribution in [-0.4, -0.2) is 19.9 Å². The van der Waals surface area contributed by atoms with Crippen LogP contribution < -0.4 is 0 Å². The van der Waals surface area contributed by atoms with Gasteiger partial charge in [-0.15, -0.1) is 11.3 Å². The van der Waals surface area contributed by atoms with Gasteiger partial charge >= 0.3 is 0 Å². The average Bonchev–Trinajstić information content (AvgIpc) is 3.69. The molecule has 0 bridgehead atoms. The molecule has 0 saturated heterocycles. The molecule has 3 aromatic heterocycles. The van der Waals surface area contributed by atoms with Gasteiger partial charge in [0.25, 0.3) is 0 Å². The molecule has 0 fully saturated rings. The van der Waals surface area contributed by atoms with E-state index in [1.165, 1.54) is 41.9 Å². The molecular formula is C52H32N4S. The van der Waals surface area contributed by atoms with Gasteiger partial charge in [0.05, 0.1) is 11.2 Å². The molecule has 0 radical (unpaired) electrons. The van der Waals surface area contributed by atoms with Crippen molar-refractivity contribution in [2.75, 3.05) is 0 Å². The molecule has 3 heterocycles. The quantitative estimate of drug-likeness (QED) is 0.159. The van der Waals surface area contributed by atoms with Gasteiger partial charge in [0, 0.05) is 47.8 Å². The number of fused-ring (bicyclic) bond motifs is 6. The van der Waals surface area contributed by atoms with E-state index < -0.39 is 0 Å². The Kier molecular flexibility index (Phi) is 7.97. The second kappa shape index (κ2) is 13.7. The van der Waals surface area contributed by atoms with Crippen LogP contribution >= 0.6 is 11.3 Å². The predicted molar refractivity (Wildman–Crippen MR) is 238 cm³/mol. The van der Waals surface area contributed by atoms with E-state index in [-0.39, 0.29) is 0 Å². The molecule has 5 heteroatoms. The molecule has 4 nitrogen and oxygen atoms in total. The summed E-state index contributed by atoms with van der Waals surface area (Å²) in [7, 11) is 0. The molecule has 0 aliphatic carbocycles. The summed E-state index contributed by atoms with van der Waals surface area (Å²) in [6, 6.07) is 68.0. The maximum Gasteiger partial charge on any atom is 0.164 e. The third-order valence-electron chi connectivity index (χ3n) is 10.7. The van der Waals surface area contributed by atoms with Crippen LogP contribution in [0.1, 0.15) is 0 Å². The highest BCUT2D eigenvalue weighted by molar-refractivity contribution is 7.26. The summed E-state index contributed by atoms with van der Waals surface area (Å²) < 4.78 is 2.53. The van der Waals surface area contributed by atoms with E-state index in [0.717, 1.165) is 50.2 Å². The van der Waals surface area contributed by atoms with Gasteiger partial charge in [-0.25, -0.2) is 19.9 Å². The molecular weight excluding hydrogens is 713 g/mol. The SMILES string of the molecule is c1ccc(-c2ccc(-c3nc(-c4ccccc4)nc(-c4cccc(-c5cccc(-c6nc7cc8ccccc8cc7c7sc8ccccc8c67)c5)c4)n3)cc2)cc1. The number of hydrogen-bond acceptors (Lipinski definition) is 5. The van der Waals surface area contributed by atoms with Crippen LogP contribution in [0.2, 0.25) is 0 Å². The Bertz CT molecular complexity index is 3280. The predicted octanol–water partition coefficient (Wildman–Crippen LogP) is 13.9. The summed E-state index contributed by atoms with van der Waals surface area (Å²) in [5.41, 5.74) is 10.4. The molecule has 8 aromatic carbocycles. The summed E-state index contributed by atoms with van der Waals surface area (Å²) in [6.07, 6.45) is 0. The Morgan fingerprint density at radius 2 is 0.807 bits per heavy atom. The fraction of sp³-hybridized carbons (Fsp3) is 0. The molecule has 11 rings (SSSR count). The smallest absolute Gasteiger partial charge is 0.164 e. The lowest BCUT2D eigenvalue weighted by Crippen LogP contribution is -2.00. The van der Waals surface area contributed by atoms with Crippen molar-refractivity contribution in [2.45, 2.75) is 0 Å². The standard InChI is InChI=1S/C52H32N4S/c1-3-13-33(14-4-1)34-25-27-36(28-26-34)51-54-50(35-15-5-2-6-16-35)55-52(56-51)42-22-12-20-38(30-42)37-19-11-21-41(29-37)48-47-43-23-9-10-24-46(43)57-49(47)44-31-39-17-7-8-18-40(39)32-45(44)53-48/h1-32H. The van der Waals surface area contributed by atoms with Crippen molar-refractivity contribution in [1.29, 1.82) is 0 Å². The first-order valence-corrected chi connectivity index (χ1v) is 19.9. The van der Waals surface area contributed by atoms with Crippen molar-refractivity contribution in [2.24, 2.45) is 0 Å². The summed E-state index contributed by atoms with van der Waals surface area (Å²) >= 11 is 1.85. The number of rotatable bonds is 6. The number of aromatic nitrogens is 4. The summed E-state index contributed by atoms with van der Waals surface area (Å²) in [6.45, 7) is 0. The molecule has 0 spiro atoms. The number of nitrogens with zero attached hydrogens (tertiary/aromatic N) is 4. The molecule has 11 aromatic rings. The van der Waals surface area contributed by atoms with Gasteiger partial charge in [-0.05, 0) is 63.4 Å². The highest BCUT2D eigenvalue weighted by Crippen LogP contribution is 2.44. The zero-order valence-corrected chi connectivity index (χ0v) is 31.5. The first kappa shape index (κ1) is 33.0. The van der Waals surface area contributed by atoms with Crippen molar-refractivity contribution < 1.29 is 0 Å². The Balaban J connectivity index is 1.03. The van der Waals surface area contributed by atoms with E-state index in [1.807, 2.05) is 47.7 Å². The Hall–Kier alpha value is -7.34. The zero-order valence-electron chi connectivity index (χ0n) is 30.7. The fourth-order valence-electron chi connectivity index (χ4n) is 7.83. The van der Waals surface area contributed by atoms with E-state index in [1.54, 1.807) is 0 Å². The van der Waals surface area contributed by atoms with Crippen LogP contribution in [0.25, 0.3) is 110 Å². The van der Waals surface area contributed by atoms with E-state index in [0.29, 0.717) is 17.5 Å². The van der Waals surface area contributed by atoms with Crippen LogP contribution in [0, 0.1) is 0 Å². The number of thiophene rings is 1. The van der Waals surface area contributed by atoms with Crippen LogP contribution in [0.15, 0.2) is 194 Å². The minimum absolute atomic E-state index is 0.624. The third-order valence-corrected chi connectivity index (χ3v) is 11.9. The van der Waals surface area contributed by atoms with E-state index >= 15 is 0 Å². The molecule has 0 aliphatic heterocycles. The van der Waals surface area contributed by atoms with Crippen molar-refractivity contribution in [3.05, 3.63) is 194 Å². The van der Waals surface area contributed by atoms with Gasteiger partial charge in [-0.1, -0.05) is 164 Å². The van der Waals surface area contributed by atoms with Gasteiger partial charge in [0.2, 0.25) is 0 Å². The van der Waals surface area contributed by atoms with Gasteiger partial charge in [-0.3, -0.25) is 0 Å². The minimum Gasteiger partial charge on any atom is -0.247 e. The van der Waals surface area contributed by atoms with Gasteiger partial charge in [0.1, 0.15) is 0 Å². The highest BCUT2D eigenvalue weighted by Gasteiger charge is 2.18. The number of hydrogen-bond donors (Lipinski definition) is 0. The van der Waals surface area contributed by atoms with E-state index in [4.69, 9.17) is 19.9 Å². The zero-order chi connectivity index (χ0) is 37.7. The third kappa shape index (κ3) is 6.02. The van der Waals surface area contributed by atoms with Crippen LogP contribution in [-0.2, 0) is 0 Å². The fourth-order valence-corrected chi connectivity index (χ4v) is 9.06. The first-order valence-electron chi connectivity index (χ1n) is 19.0. The molecule has 0 aliphatic rings. The maximum atomic E-state index is 5.43. The highest BCUT2D eigenvalue weighted by atomic mass is 32.1. The van der Waals surface area contributed by atoms with Crippen LogP contribution in [0.3, 0.4) is 0 Å².